The molecule has 0 aromatic rings. The third kappa shape index (κ3) is 4.43. The summed E-state index contributed by atoms with van der Waals surface area (Å²) in [5, 5.41) is 7.01. The Morgan fingerprint density at radius 2 is 2.00 bits per heavy atom. The molecular formula is C27H43N3O3S. The van der Waals surface area contributed by atoms with E-state index in [1.165, 1.54) is 0 Å². The molecule has 2 unspecified atom stereocenters. The number of hydrogen-bond acceptors (Lipinski definition) is 4. The van der Waals surface area contributed by atoms with Gasteiger partial charge in [-0.1, -0.05) is 19.9 Å². The van der Waals surface area contributed by atoms with Gasteiger partial charge in [0.15, 0.2) is 5.11 Å². The molecule has 34 heavy (non-hydrogen) atoms. The van der Waals surface area contributed by atoms with Crippen LogP contribution in [-0.4, -0.2) is 54.2 Å². The third-order valence-corrected chi connectivity index (χ3v) is 10.1. The summed E-state index contributed by atoms with van der Waals surface area (Å²) < 4.78 is 5.52. The Hall–Kier alpha value is -1.47. The smallest absolute Gasteiger partial charge is 0.243 e. The highest BCUT2D eigenvalue weighted by Crippen LogP contribution is 2.65. The molecular weight excluding hydrogens is 446 g/mol. The van der Waals surface area contributed by atoms with Gasteiger partial charge in [-0.15, -0.1) is 0 Å². The number of fused-ring (bicyclic) bond motifs is 5. The fourth-order valence-electron chi connectivity index (χ4n) is 7.95. The van der Waals surface area contributed by atoms with Gasteiger partial charge in [0.05, 0.1) is 0 Å². The first-order chi connectivity index (χ1) is 16.3. The normalized spacial score (nSPS) is 38.4. The number of hydrogen-bond donors (Lipinski definition) is 2. The van der Waals surface area contributed by atoms with Crippen molar-refractivity contribution < 1.29 is 14.3 Å². The van der Waals surface area contributed by atoms with Crippen molar-refractivity contribution in [1.29, 1.82) is 0 Å². The molecule has 3 aliphatic carbocycles. The molecule has 0 aromatic carbocycles. The Balaban J connectivity index is 1.52. The van der Waals surface area contributed by atoms with E-state index in [0.29, 0.717) is 49.2 Å². The van der Waals surface area contributed by atoms with Crippen LogP contribution in [-0.2, 0) is 14.3 Å². The maximum absolute atomic E-state index is 14.0. The molecule has 0 spiro atoms. The average Bonchev–Trinajstić information content (AvgIpc) is 3.16. The number of carbonyl (C=O) groups is 2. The molecule has 4 aliphatic rings. The number of nitrogens with one attached hydrogen (secondary N) is 2. The minimum absolute atomic E-state index is 0.0169. The molecule has 7 heteroatoms. The molecule has 2 N–H and O–H groups in total. The molecule has 3 fully saturated rings. The first kappa shape index (κ1) is 25.6. The van der Waals surface area contributed by atoms with Gasteiger partial charge in [0.25, 0.3) is 0 Å². The highest BCUT2D eigenvalue weighted by atomic mass is 32.1. The summed E-state index contributed by atoms with van der Waals surface area (Å²) >= 11 is 5.64. The number of rotatable bonds is 7. The predicted octanol–water partition coefficient (Wildman–Crippen LogP) is 4.05. The van der Waals surface area contributed by atoms with Crippen LogP contribution in [0.25, 0.3) is 0 Å². The Labute approximate surface area is 210 Å². The Morgan fingerprint density at radius 1 is 1.21 bits per heavy atom. The van der Waals surface area contributed by atoms with E-state index in [4.69, 9.17) is 17.0 Å². The molecule has 2 amide bonds. The van der Waals surface area contributed by atoms with Gasteiger partial charge in [-0.2, -0.15) is 0 Å². The predicted molar refractivity (Wildman–Crippen MR) is 138 cm³/mol. The molecule has 0 saturated heterocycles. The van der Waals surface area contributed by atoms with Crippen molar-refractivity contribution in [1.82, 2.24) is 15.5 Å². The topological polar surface area (TPSA) is 70.7 Å². The van der Waals surface area contributed by atoms with Crippen LogP contribution >= 0.6 is 12.2 Å². The summed E-state index contributed by atoms with van der Waals surface area (Å²) in [7, 11) is 0. The van der Waals surface area contributed by atoms with Gasteiger partial charge in [0, 0.05) is 43.7 Å². The SMILES string of the molecule is CCNC(=S)N(CCCOCC)C(=O)C1CC[C@H]2[C@@H]3CCC4NC(=O)C=C[C@]4(C)[C@@H]3CC[C@]12C. The van der Waals surface area contributed by atoms with Gasteiger partial charge >= 0.3 is 0 Å². The van der Waals surface area contributed by atoms with E-state index < -0.39 is 0 Å². The lowest BCUT2D eigenvalue weighted by Crippen LogP contribution is -2.59. The first-order valence-electron chi connectivity index (χ1n) is 13.4. The van der Waals surface area contributed by atoms with Crippen molar-refractivity contribution in [2.75, 3.05) is 26.3 Å². The molecule has 3 saturated carbocycles. The Morgan fingerprint density at radius 3 is 2.74 bits per heavy atom. The first-order valence-corrected chi connectivity index (χ1v) is 13.8. The van der Waals surface area contributed by atoms with E-state index in [-0.39, 0.29) is 34.6 Å². The Kier molecular flexibility index (Phi) is 7.73. The molecule has 1 heterocycles. The van der Waals surface area contributed by atoms with Gasteiger partial charge in [0.1, 0.15) is 0 Å². The monoisotopic (exact) mass is 489 g/mol. The fourth-order valence-corrected chi connectivity index (χ4v) is 8.28. The molecule has 7 atom stereocenters. The molecule has 0 bridgehead atoms. The zero-order chi connectivity index (χ0) is 24.5. The zero-order valence-electron chi connectivity index (χ0n) is 21.4. The summed E-state index contributed by atoms with van der Waals surface area (Å²) in [6, 6.07) is 0.243. The van der Waals surface area contributed by atoms with Gasteiger partial charge in [0.2, 0.25) is 11.8 Å². The maximum atomic E-state index is 14.0. The van der Waals surface area contributed by atoms with E-state index in [0.717, 1.165) is 44.9 Å². The summed E-state index contributed by atoms with van der Waals surface area (Å²) in [4.78, 5) is 27.8. The molecule has 1 aliphatic heterocycles. The minimum Gasteiger partial charge on any atom is -0.382 e. The highest BCUT2D eigenvalue weighted by Gasteiger charge is 2.61. The van der Waals surface area contributed by atoms with Gasteiger partial charge in [-0.25, -0.2) is 0 Å². The van der Waals surface area contributed by atoms with Crippen LogP contribution in [0.15, 0.2) is 12.2 Å². The quantitative estimate of drug-likeness (QED) is 0.417. The van der Waals surface area contributed by atoms with E-state index >= 15 is 0 Å². The van der Waals surface area contributed by atoms with Crippen LogP contribution in [0.2, 0.25) is 0 Å². The number of amides is 2. The fraction of sp³-hybridized carbons (Fsp3) is 0.815. The van der Waals surface area contributed by atoms with Crippen molar-refractivity contribution in [3.05, 3.63) is 12.2 Å². The second-order valence-electron chi connectivity index (χ2n) is 11.3. The number of nitrogens with zero attached hydrogens (tertiary/aromatic N) is 1. The number of ether oxygens (including phenoxy) is 1. The molecule has 0 radical (unpaired) electrons. The van der Waals surface area contributed by atoms with Gasteiger partial charge < -0.3 is 15.4 Å². The summed E-state index contributed by atoms with van der Waals surface area (Å²) in [6.45, 7) is 11.4. The molecule has 6 nitrogen and oxygen atoms in total. The van der Waals surface area contributed by atoms with Crippen molar-refractivity contribution in [2.24, 2.45) is 34.5 Å². The number of thiocarbonyl (C=S) groups is 1. The van der Waals surface area contributed by atoms with Crippen molar-refractivity contribution in [2.45, 2.75) is 78.7 Å². The number of carbonyl (C=O) groups excluding carboxylic acids is 2. The minimum atomic E-state index is 0.0169. The van der Waals surface area contributed by atoms with Crippen LogP contribution < -0.4 is 10.6 Å². The lowest BCUT2D eigenvalue weighted by Gasteiger charge is -2.58. The molecule has 4 rings (SSSR count). The summed E-state index contributed by atoms with van der Waals surface area (Å²) in [5.74, 6) is 2.02. The standard InChI is InChI=1S/C27H43N3O3S/c1-5-28-25(34)30(16-7-17-33-6-2)24(32)21-10-9-19-18-8-11-22-27(4,15-13-23(31)29-22)20(18)12-14-26(19,21)3/h13,15,18-22H,5-12,14,16-17H2,1-4H3,(H,28,34)(H,29,31)/t18-,19-,20+,21?,22?,26-,27+/m0/s1. The van der Waals surface area contributed by atoms with Crippen LogP contribution in [0.1, 0.15) is 72.6 Å². The van der Waals surface area contributed by atoms with Crippen molar-refractivity contribution >= 4 is 29.1 Å². The van der Waals surface area contributed by atoms with E-state index in [1.54, 1.807) is 6.08 Å². The second-order valence-corrected chi connectivity index (χ2v) is 11.7. The maximum Gasteiger partial charge on any atom is 0.243 e. The van der Waals surface area contributed by atoms with Crippen LogP contribution in [0, 0.1) is 34.5 Å². The second kappa shape index (κ2) is 10.3. The van der Waals surface area contributed by atoms with Crippen LogP contribution in [0.5, 0.6) is 0 Å². The lowest BCUT2D eigenvalue weighted by molar-refractivity contribution is -0.140. The third-order valence-electron chi connectivity index (χ3n) is 9.70. The Bertz CT molecular complexity index is 832. The highest BCUT2D eigenvalue weighted by molar-refractivity contribution is 7.80. The van der Waals surface area contributed by atoms with E-state index in [9.17, 15) is 9.59 Å². The largest absolute Gasteiger partial charge is 0.382 e. The summed E-state index contributed by atoms with van der Waals surface area (Å²) in [5.41, 5.74) is 0.0429. The molecule has 0 aromatic heterocycles. The van der Waals surface area contributed by atoms with Crippen LogP contribution in [0.3, 0.4) is 0 Å². The van der Waals surface area contributed by atoms with Crippen molar-refractivity contribution in [3.8, 4) is 0 Å². The summed E-state index contributed by atoms with van der Waals surface area (Å²) in [6.07, 6.45) is 11.2. The van der Waals surface area contributed by atoms with E-state index in [2.05, 4.69) is 30.6 Å². The van der Waals surface area contributed by atoms with Crippen LogP contribution in [0.4, 0.5) is 0 Å². The van der Waals surface area contributed by atoms with E-state index in [1.807, 2.05) is 18.7 Å². The van der Waals surface area contributed by atoms with Gasteiger partial charge in [-0.05, 0) is 100 Å². The molecule has 190 valence electrons. The lowest BCUT2D eigenvalue weighted by atomic mass is 9.48. The van der Waals surface area contributed by atoms with Gasteiger partial charge in [-0.3, -0.25) is 14.5 Å². The average molecular weight is 490 g/mol. The zero-order valence-corrected chi connectivity index (χ0v) is 22.2. The van der Waals surface area contributed by atoms with Crippen molar-refractivity contribution in [3.63, 3.8) is 0 Å².